The van der Waals surface area contributed by atoms with Gasteiger partial charge in [-0.25, -0.2) is 15.0 Å². The lowest BCUT2D eigenvalue weighted by Gasteiger charge is -2.56. The van der Waals surface area contributed by atoms with Crippen molar-refractivity contribution in [3.05, 3.63) is 44.8 Å². The van der Waals surface area contributed by atoms with E-state index in [0.29, 0.717) is 33.8 Å². The molecule has 1 aromatic rings. The lowest BCUT2D eigenvalue weighted by atomic mass is 9.62. The van der Waals surface area contributed by atoms with Crippen molar-refractivity contribution in [2.75, 3.05) is 10.1 Å². The third kappa shape index (κ3) is 3.93. The molecule has 5 heterocycles. The van der Waals surface area contributed by atoms with Crippen LogP contribution in [0.4, 0.5) is 11.4 Å². The van der Waals surface area contributed by atoms with Crippen LogP contribution in [0.5, 0.6) is 0 Å². The Hall–Kier alpha value is -2.74. The summed E-state index contributed by atoms with van der Waals surface area (Å²) in [4.78, 5) is 7.34. The molecule has 0 radical (unpaired) electrons. The first kappa shape index (κ1) is 33.7. The zero-order valence-electron chi connectivity index (χ0n) is 31.3. The Morgan fingerprint density at radius 1 is 0.667 bits per heavy atom. The standard InChI is InChI=1S/C36H52N4O8/c1-28(2)19-17-20-26-22(24(19)37(41)32(9,10)44-28)23-25-21(30(5,6)45-33(11,12)38(25)42)18-36(48-40(26)35(15,16)46-29(20,3)4)27(23)39(43)34(13,14)47-31(36,7)8/h17-18,23,41H,1-16H3/t23-,36+/m0/s1. The van der Waals surface area contributed by atoms with E-state index >= 15 is 5.21 Å². The summed E-state index contributed by atoms with van der Waals surface area (Å²) in [5.41, 5.74) is -6.12. The number of fused-ring (bicyclic) bond motifs is 5. The summed E-state index contributed by atoms with van der Waals surface area (Å²) in [6.07, 6.45) is 1.86. The molecule has 7 rings (SSSR count). The van der Waals surface area contributed by atoms with Crippen LogP contribution in [0.25, 0.3) is 0 Å². The molecule has 2 bridgehead atoms. The molecular formula is C36H52N4O8. The van der Waals surface area contributed by atoms with Gasteiger partial charge in [-0.3, -0.25) is 5.21 Å². The van der Waals surface area contributed by atoms with Gasteiger partial charge in [-0.2, -0.15) is 9.48 Å². The topological polar surface area (TPSA) is 125 Å². The molecule has 48 heavy (non-hydrogen) atoms. The number of hydrogen-bond donors (Lipinski definition) is 1. The number of benzene rings is 1. The van der Waals surface area contributed by atoms with Crippen LogP contribution in [0.2, 0.25) is 0 Å². The highest BCUT2D eigenvalue weighted by Crippen LogP contribution is 2.63. The van der Waals surface area contributed by atoms with Crippen LogP contribution in [0.3, 0.4) is 0 Å². The molecular weight excluding hydrogens is 616 g/mol. The Morgan fingerprint density at radius 2 is 1.19 bits per heavy atom. The first-order valence-corrected chi connectivity index (χ1v) is 16.9. The zero-order chi connectivity index (χ0) is 36.0. The minimum atomic E-state index is -1.56. The summed E-state index contributed by atoms with van der Waals surface area (Å²) < 4.78 is 28.4. The first-order chi connectivity index (χ1) is 21.5. The summed E-state index contributed by atoms with van der Waals surface area (Å²) in [6.45, 7) is 29.9. The van der Waals surface area contributed by atoms with Crippen molar-refractivity contribution in [1.82, 2.24) is 0 Å². The molecule has 6 aliphatic rings. The van der Waals surface area contributed by atoms with Gasteiger partial charge in [-0.1, -0.05) is 0 Å². The zero-order valence-corrected chi connectivity index (χ0v) is 31.3. The second-order valence-corrected chi connectivity index (χ2v) is 18.1. The Bertz CT molecular complexity index is 1780. The highest BCUT2D eigenvalue weighted by atomic mass is 16.8. The lowest BCUT2D eigenvalue weighted by Crippen LogP contribution is -2.74. The first-order valence-electron chi connectivity index (χ1n) is 16.9. The van der Waals surface area contributed by atoms with Crippen molar-refractivity contribution in [3.63, 3.8) is 0 Å². The van der Waals surface area contributed by atoms with Crippen LogP contribution in [0.1, 0.15) is 133 Å². The molecule has 12 heteroatoms. The molecule has 1 N–H and O–H groups in total. The molecule has 5 aliphatic heterocycles. The van der Waals surface area contributed by atoms with Crippen LogP contribution in [-0.2, 0) is 35.0 Å². The number of rotatable bonds is 0. The third-order valence-corrected chi connectivity index (χ3v) is 11.1. The highest BCUT2D eigenvalue weighted by molar-refractivity contribution is 6.25. The number of nitrogens with zero attached hydrogens (tertiary/aromatic N) is 4. The minimum absolute atomic E-state index is 0.283. The average Bonchev–Trinajstić information content (AvgIpc) is 2.97. The van der Waals surface area contributed by atoms with E-state index in [1.54, 1.807) is 46.6 Å². The van der Waals surface area contributed by atoms with Crippen molar-refractivity contribution >= 4 is 22.8 Å². The lowest BCUT2D eigenvalue weighted by molar-refractivity contribution is -0.633. The molecule has 12 nitrogen and oxygen atoms in total. The van der Waals surface area contributed by atoms with Crippen molar-refractivity contribution in [2.24, 2.45) is 0 Å². The van der Waals surface area contributed by atoms with Crippen molar-refractivity contribution < 1.29 is 38.5 Å². The monoisotopic (exact) mass is 668 g/mol. The molecule has 0 fully saturated rings. The van der Waals surface area contributed by atoms with E-state index in [-0.39, 0.29) is 5.71 Å². The second kappa shape index (κ2) is 8.76. The van der Waals surface area contributed by atoms with Gasteiger partial charge in [0, 0.05) is 44.4 Å². The van der Waals surface area contributed by atoms with E-state index in [1.807, 2.05) is 81.4 Å². The van der Waals surface area contributed by atoms with Gasteiger partial charge in [-0.15, -0.1) is 0 Å². The fourth-order valence-electron chi connectivity index (χ4n) is 9.41. The molecule has 0 aromatic heterocycles. The number of ether oxygens (including phenoxy) is 4. The van der Waals surface area contributed by atoms with Crippen LogP contribution < -0.4 is 10.1 Å². The molecule has 0 unspecified atom stereocenters. The Kier molecular flexibility index (Phi) is 6.16. The van der Waals surface area contributed by atoms with E-state index < -0.39 is 56.8 Å². The summed E-state index contributed by atoms with van der Waals surface area (Å²) in [6, 6.07) is 2.01. The summed E-state index contributed by atoms with van der Waals surface area (Å²) in [5, 5.41) is 45.1. The summed E-state index contributed by atoms with van der Waals surface area (Å²) in [5.74, 6) is -1.01. The van der Waals surface area contributed by atoms with E-state index in [2.05, 4.69) is 0 Å². The second-order valence-electron chi connectivity index (χ2n) is 18.1. The maximum atomic E-state index is 15.1. The predicted octanol–water partition coefficient (Wildman–Crippen LogP) is 6.39. The Balaban J connectivity index is 1.81. The Labute approximate surface area is 283 Å². The largest absolute Gasteiger partial charge is 0.622 e. The molecule has 264 valence electrons. The molecule has 0 spiro atoms. The maximum Gasteiger partial charge on any atom is 0.272 e. The summed E-state index contributed by atoms with van der Waals surface area (Å²) in [7, 11) is 0. The minimum Gasteiger partial charge on any atom is -0.622 e. The molecule has 1 aromatic carbocycles. The average molecular weight is 669 g/mol. The van der Waals surface area contributed by atoms with Gasteiger partial charge < -0.3 is 29.4 Å². The SMILES string of the molecule is CC1(C)OC(C)(C)[N+]([O-])=C2C1=C[C@@]13ON4c5c(cc6c(c5[C@@H]2C1=[N+]([O-])C(C)(C)OC3(C)C)N(O)C(C)(C)OC6(C)C)C(C)(C)OC4(C)C. The molecule has 0 amide bonds. The molecule has 1 aliphatic carbocycles. The van der Waals surface area contributed by atoms with Crippen LogP contribution >= 0.6 is 0 Å². The van der Waals surface area contributed by atoms with Gasteiger partial charge in [0.2, 0.25) is 17.0 Å². The quantitative estimate of drug-likeness (QED) is 0.246. The normalized spacial score (nSPS) is 33.5. The number of hydroxylamine groups is 4. The number of hydrogen-bond acceptors (Lipinski definition) is 10. The van der Waals surface area contributed by atoms with E-state index in [1.165, 1.54) is 0 Å². The van der Waals surface area contributed by atoms with Crippen LogP contribution in [0, 0.1) is 10.4 Å². The molecule has 0 saturated heterocycles. The van der Waals surface area contributed by atoms with Crippen molar-refractivity contribution in [1.29, 1.82) is 0 Å². The van der Waals surface area contributed by atoms with E-state index in [9.17, 15) is 10.4 Å². The highest BCUT2D eigenvalue weighted by Gasteiger charge is 2.74. The smallest absolute Gasteiger partial charge is 0.272 e. The van der Waals surface area contributed by atoms with Gasteiger partial charge >= 0.3 is 0 Å². The molecule has 2 atom stereocenters. The van der Waals surface area contributed by atoms with Gasteiger partial charge in [0.25, 0.3) is 11.4 Å². The van der Waals surface area contributed by atoms with Crippen LogP contribution in [0.15, 0.2) is 17.7 Å². The summed E-state index contributed by atoms with van der Waals surface area (Å²) >= 11 is 0. The van der Waals surface area contributed by atoms with E-state index in [0.717, 1.165) is 20.1 Å². The van der Waals surface area contributed by atoms with Crippen molar-refractivity contribution in [2.45, 2.75) is 168 Å². The third-order valence-electron chi connectivity index (χ3n) is 11.1. The van der Waals surface area contributed by atoms with Gasteiger partial charge in [0.1, 0.15) is 11.2 Å². The Morgan fingerprint density at radius 3 is 1.77 bits per heavy atom. The fraction of sp³-hybridized carbons (Fsp3) is 0.722. The van der Waals surface area contributed by atoms with Gasteiger partial charge in [-0.05, 0) is 95.2 Å². The van der Waals surface area contributed by atoms with Crippen molar-refractivity contribution in [3.8, 4) is 0 Å². The number of anilines is 2. The van der Waals surface area contributed by atoms with Gasteiger partial charge in [0.15, 0.2) is 17.4 Å². The van der Waals surface area contributed by atoms with Gasteiger partial charge in [0.05, 0.1) is 28.1 Å². The fourth-order valence-corrected chi connectivity index (χ4v) is 9.41. The maximum absolute atomic E-state index is 15.1. The van der Waals surface area contributed by atoms with Crippen LogP contribution in [-0.4, -0.2) is 65.8 Å². The van der Waals surface area contributed by atoms with E-state index in [4.69, 9.17) is 23.8 Å². The molecule has 0 saturated carbocycles. The predicted molar refractivity (Wildman–Crippen MR) is 180 cm³/mol.